The van der Waals surface area contributed by atoms with Gasteiger partial charge in [-0.3, -0.25) is 4.98 Å². The Morgan fingerprint density at radius 2 is 2.14 bits per heavy atom. The third-order valence-corrected chi connectivity index (χ3v) is 3.38. The predicted octanol–water partition coefficient (Wildman–Crippen LogP) is 3.08. The molecule has 2 aromatic rings. The van der Waals surface area contributed by atoms with Gasteiger partial charge < -0.3 is 0 Å². The quantitative estimate of drug-likeness (QED) is 0.748. The zero-order valence-electron chi connectivity index (χ0n) is 7.68. The molecule has 0 spiro atoms. The lowest BCUT2D eigenvalue weighted by Gasteiger charge is -1.92. The maximum absolute atomic E-state index is 4.60. The van der Waals surface area contributed by atoms with Gasteiger partial charge >= 0.3 is 0 Å². The van der Waals surface area contributed by atoms with Gasteiger partial charge in [-0.25, -0.2) is 4.98 Å². The van der Waals surface area contributed by atoms with Crippen molar-refractivity contribution in [3.05, 3.63) is 34.8 Å². The molecule has 1 aliphatic rings. The summed E-state index contributed by atoms with van der Waals surface area (Å²) in [5.41, 5.74) is 2.01. The Labute approximate surface area is 86.7 Å². The molecule has 0 saturated heterocycles. The largest absolute Gasteiger partial charge is 0.255 e. The number of hydrogen-bond donors (Lipinski definition) is 0. The van der Waals surface area contributed by atoms with Crippen LogP contribution in [0.15, 0.2) is 29.8 Å². The van der Waals surface area contributed by atoms with E-state index in [1.54, 1.807) is 11.3 Å². The van der Waals surface area contributed by atoms with Crippen LogP contribution in [0.5, 0.6) is 0 Å². The van der Waals surface area contributed by atoms with E-state index in [0.717, 1.165) is 17.3 Å². The Bertz CT molecular complexity index is 432. The Morgan fingerprint density at radius 3 is 2.86 bits per heavy atom. The number of hydrogen-bond acceptors (Lipinski definition) is 3. The molecule has 0 unspecified atom stereocenters. The highest BCUT2D eigenvalue weighted by molar-refractivity contribution is 7.10. The van der Waals surface area contributed by atoms with E-state index in [9.17, 15) is 0 Å². The first-order valence-corrected chi connectivity index (χ1v) is 5.68. The van der Waals surface area contributed by atoms with Crippen LogP contribution in [0.4, 0.5) is 0 Å². The van der Waals surface area contributed by atoms with Gasteiger partial charge in [-0.15, -0.1) is 11.3 Å². The molecule has 0 radical (unpaired) electrons. The summed E-state index contributed by atoms with van der Waals surface area (Å²) >= 11 is 1.76. The van der Waals surface area contributed by atoms with Crippen molar-refractivity contribution in [1.82, 2.24) is 9.97 Å². The van der Waals surface area contributed by atoms with E-state index in [1.807, 2.05) is 24.4 Å². The van der Waals surface area contributed by atoms with Crippen LogP contribution in [-0.4, -0.2) is 9.97 Å². The topological polar surface area (TPSA) is 25.8 Å². The molecule has 0 aromatic carbocycles. The highest BCUT2D eigenvalue weighted by Crippen LogP contribution is 2.42. The highest BCUT2D eigenvalue weighted by atomic mass is 32.1. The van der Waals surface area contributed by atoms with Crippen molar-refractivity contribution in [2.45, 2.75) is 18.8 Å². The predicted molar refractivity (Wildman–Crippen MR) is 57.3 cm³/mol. The Morgan fingerprint density at radius 1 is 1.21 bits per heavy atom. The average Bonchev–Trinajstić information content (AvgIpc) is 2.98. The van der Waals surface area contributed by atoms with Gasteiger partial charge in [-0.1, -0.05) is 6.07 Å². The van der Waals surface area contributed by atoms with Crippen molar-refractivity contribution in [2.24, 2.45) is 0 Å². The molecule has 2 aromatic heterocycles. The summed E-state index contributed by atoms with van der Waals surface area (Å²) in [6.45, 7) is 0. The number of pyridine rings is 1. The second-order valence-electron chi connectivity index (χ2n) is 3.56. The molecule has 14 heavy (non-hydrogen) atoms. The van der Waals surface area contributed by atoms with E-state index < -0.39 is 0 Å². The summed E-state index contributed by atoms with van der Waals surface area (Å²) in [6, 6.07) is 5.93. The van der Waals surface area contributed by atoms with E-state index in [1.165, 1.54) is 17.8 Å². The van der Waals surface area contributed by atoms with Crippen LogP contribution >= 0.6 is 11.3 Å². The minimum absolute atomic E-state index is 0.748. The molecule has 1 fully saturated rings. The molecule has 3 heteroatoms. The number of thiazole rings is 1. The second-order valence-corrected chi connectivity index (χ2v) is 4.45. The fourth-order valence-electron chi connectivity index (χ4n) is 1.44. The highest BCUT2D eigenvalue weighted by Gasteiger charge is 2.26. The summed E-state index contributed by atoms with van der Waals surface area (Å²) in [6.07, 6.45) is 4.44. The van der Waals surface area contributed by atoms with Gasteiger partial charge in [0.1, 0.15) is 0 Å². The van der Waals surface area contributed by atoms with Gasteiger partial charge in [0.2, 0.25) is 0 Å². The van der Waals surface area contributed by atoms with Gasteiger partial charge in [-0.05, 0) is 25.0 Å². The van der Waals surface area contributed by atoms with Crippen LogP contribution in [0.25, 0.3) is 11.4 Å². The minimum Gasteiger partial charge on any atom is -0.255 e. The minimum atomic E-state index is 0.748. The van der Waals surface area contributed by atoms with Crippen LogP contribution < -0.4 is 0 Å². The lowest BCUT2D eigenvalue weighted by Crippen LogP contribution is -1.82. The van der Waals surface area contributed by atoms with Gasteiger partial charge in [0.15, 0.2) is 0 Å². The maximum atomic E-state index is 4.60. The summed E-state index contributed by atoms with van der Waals surface area (Å²) in [7, 11) is 0. The monoisotopic (exact) mass is 202 g/mol. The molecule has 0 bridgehead atoms. The standard InChI is InChI=1S/C11H10N2S/c1-2-6-12-9(3-1)10-7-14-11(13-10)8-4-5-8/h1-3,6-8H,4-5H2. The fraction of sp³-hybridized carbons (Fsp3) is 0.273. The average molecular weight is 202 g/mol. The molecule has 0 N–H and O–H groups in total. The maximum Gasteiger partial charge on any atom is 0.0998 e. The van der Waals surface area contributed by atoms with Crippen molar-refractivity contribution in [2.75, 3.05) is 0 Å². The molecule has 1 saturated carbocycles. The third-order valence-electron chi connectivity index (χ3n) is 2.38. The molecule has 2 heterocycles. The van der Waals surface area contributed by atoms with E-state index >= 15 is 0 Å². The lowest BCUT2D eigenvalue weighted by atomic mass is 10.3. The number of nitrogens with zero attached hydrogens (tertiary/aromatic N) is 2. The van der Waals surface area contributed by atoms with Gasteiger partial charge in [-0.2, -0.15) is 0 Å². The molecule has 0 aliphatic heterocycles. The molecule has 0 amide bonds. The van der Waals surface area contributed by atoms with Crippen molar-refractivity contribution in [3.63, 3.8) is 0 Å². The molecular formula is C11H10N2S. The first-order valence-electron chi connectivity index (χ1n) is 4.80. The van der Waals surface area contributed by atoms with Crippen molar-refractivity contribution in [3.8, 4) is 11.4 Å². The van der Waals surface area contributed by atoms with Crippen molar-refractivity contribution < 1.29 is 0 Å². The van der Waals surface area contributed by atoms with Gasteiger partial charge in [0.05, 0.1) is 16.4 Å². The third kappa shape index (κ3) is 1.44. The van der Waals surface area contributed by atoms with E-state index in [4.69, 9.17) is 0 Å². The van der Waals surface area contributed by atoms with Crippen molar-refractivity contribution >= 4 is 11.3 Å². The van der Waals surface area contributed by atoms with Gasteiger partial charge in [0, 0.05) is 17.5 Å². The molecule has 70 valence electrons. The second kappa shape index (κ2) is 3.17. The van der Waals surface area contributed by atoms with Crippen LogP contribution in [0.2, 0.25) is 0 Å². The first-order chi connectivity index (χ1) is 6.93. The SMILES string of the molecule is c1ccc(-c2csc(C3CC3)n2)nc1. The van der Waals surface area contributed by atoms with Gasteiger partial charge in [0.25, 0.3) is 0 Å². The van der Waals surface area contributed by atoms with Crippen LogP contribution in [-0.2, 0) is 0 Å². The summed E-state index contributed by atoms with van der Waals surface area (Å²) < 4.78 is 0. The zero-order valence-corrected chi connectivity index (χ0v) is 8.50. The van der Waals surface area contributed by atoms with E-state index in [0.29, 0.717) is 0 Å². The molecular weight excluding hydrogens is 192 g/mol. The smallest absolute Gasteiger partial charge is 0.0998 e. The first kappa shape index (κ1) is 8.12. The summed E-state index contributed by atoms with van der Waals surface area (Å²) in [5, 5.41) is 3.39. The van der Waals surface area contributed by atoms with Crippen LogP contribution in [0.3, 0.4) is 0 Å². The zero-order chi connectivity index (χ0) is 9.38. The fourth-order valence-corrected chi connectivity index (χ4v) is 2.42. The Kier molecular flexibility index (Phi) is 1.84. The van der Waals surface area contributed by atoms with Crippen LogP contribution in [0.1, 0.15) is 23.8 Å². The number of aromatic nitrogens is 2. The van der Waals surface area contributed by atoms with E-state index in [-0.39, 0.29) is 0 Å². The molecule has 3 rings (SSSR count). The molecule has 0 atom stereocenters. The summed E-state index contributed by atoms with van der Waals surface area (Å²) in [4.78, 5) is 8.88. The molecule has 2 nitrogen and oxygen atoms in total. The number of rotatable bonds is 2. The van der Waals surface area contributed by atoms with E-state index in [2.05, 4.69) is 15.3 Å². The van der Waals surface area contributed by atoms with Crippen molar-refractivity contribution in [1.29, 1.82) is 0 Å². The normalized spacial score (nSPS) is 15.7. The van der Waals surface area contributed by atoms with Crippen LogP contribution in [0, 0.1) is 0 Å². The Balaban J connectivity index is 1.96. The lowest BCUT2D eigenvalue weighted by molar-refractivity contribution is 1.08. The molecule has 1 aliphatic carbocycles. The Hall–Kier alpha value is -1.22. The summed E-state index contributed by atoms with van der Waals surface area (Å²) in [5.74, 6) is 0.748.